The van der Waals surface area contributed by atoms with E-state index in [9.17, 15) is 4.79 Å². The van der Waals surface area contributed by atoms with Crippen LogP contribution in [0.5, 0.6) is 0 Å². The number of carbonyl (C=O) groups is 1. The molecule has 1 heterocycles. The molecule has 0 spiro atoms. The van der Waals surface area contributed by atoms with E-state index in [1.165, 1.54) is 0 Å². The van der Waals surface area contributed by atoms with Crippen molar-refractivity contribution in [2.24, 2.45) is 5.73 Å². The number of carbonyl (C=O) groups excluding carboxylic acids is 1. The second-order valence-electron chi connectivity index (χ2n) is 2.65. The first-order valence-corrected chi connectivity index (χ1v) is 3.68. The third-order valence-electron chi connectivity index (χ3n) is 1.50. The van der Waals surface area contributed by atoms with Gasteiger partial charge < -0.3 is 11.5 Å². The van der Waals surface area contributed by atoms with E-state index in [2.05, 4.69) is 5.10 Å². The molecule has 4 N–H and O–H groups in total. The fraction of sp³-hybridized carbons (Fsp3) is 0.429. The van der Waals surface area contributed by atoms with Gasteiger partial charge in [0.1, 0.15) is 5.82 Å². The molecule has 1 aromatic rings. The number of nitrogens with two attached hydrogens (primary N) is 2. The Kier molecular flexibility index (Phi) is 2.32. The Balaban J connectivity index is 2.62. The zero-order chi connectivity index (χ0) is 9.14. The Morgan fingerprint density at radius 1 is 1.75 bits per heavy atom. The minimum Gasteiger partial charge on any atom is -0.384 e. The maximum Gasteiger partial charge on any atom is 0.219 e. The van der Waals surface area contributed by atoms with Crippen molar-refractivity contribution in [1.82, 2.24) is 9.78 Å². The highest BCUT2D eigenvalue weighted by Gasteiger charge is 2.02. The van der Waals surface area contributed by atoms with Crippen LogP contribution >= 0.6 is 0 Å². The van der Waals surface area contributed by atoms with Gasteiger partial charge in [-0.2, -0.15) is 5.10 Å². The average Bonchev–Trinajstić information content (AvgIpc) is 2.26. The summed E-state index contributed by atoms with van der Waals surface area (Å²) in [4.78, 5) is 10.4. The number of anilines is 1. The summed E-state index contributed by atoms with van der Waals surface area (Å²) in [7, 11) is 0. The van der Waals surface area contributed by atoms with Gasteiger partial charge in [0.05, 0.1) is 12.2 Å². The van der Waals surface area contributed by atoms with E-state index in [1.54, 1.807) is 10.7 Å². The first kappa shape index (κ1) is 8.58. The number of aryl methyl sites for hydroxylation is 2. The minimum atomic E-state index is -0.345. The van der Waals surface area contributed by atoms with Gasteiger partial charge in [0, 0.05) is 12.5 Å². The zero-order valence-corrected chi connectivity index (χ0v) is 6.95. The summed E-state index contributed by atoms with van der Waals surface area (Å²) in [5, 5.41) is 4.07. The van der Waals surface area contributed by atoms with Crippen molar-refractivity contribution in [3.63, 3.8) is 0 Å². The van der Waals surface area contributed by atoms with Gasteiger partial charge in [-0.25, -0.2) is 4.68 Å². The summed E-state index contributed by atoms with van der Waals surface area (Å²) >= 11 is 0. The molecule has 0 bridgehead atoms. The molecule has 0 saturated carbocycles. The molecule has 0 aliphatic heterocycles. The molecule has 0 aliphatic carbocycles. The number of hydrogen-bond donors (Lipinski definition) is 2. The Labute approximate surface area is 70.3 Å². The van der Waals surface area contributed by atoms with Crippen LogP contribution in [0, 0.1) is 6.92 Å². The van der Waals surface area contributed by atoms with Crippen LogP contribution in [0.3, 0.4) is 0 Å². The normalized spacial score (nSPS) is 10.1. The molecule has 1 amide bonds. The lowest BCUT2D eigenvalue weighted by Gasteiger charge is -2.00. The fourth-order valence-electron chi connectivity index (χ4n) is 0.961. The number of rotatable bonds is 3. The Morgan fingerprint density at radius 2 is 2.42 bits per heavy atom. The molecular formula is C7H12N4O. The molecule has 0 aromatic carbocycles. The maximum absolute atomic E-state index is 10.4. The molecule has 0 radical (unpaired) electrons. The highest BCUT2D eigenvalue weighted by atomic mass is 16.1. The summed E-state index contributed by atoms with van der Waals surface area (Å²) in [6, 6.07) is 1.75. The van der Waals surface area contributed by atoms with Crippen molar-refractivity contribution >= 4 is 11.7 Å². The largest absolute Gasteiger partial charge is 0.384 e. The highest BCUT2D eigenvalue weighted by molar-refractivity contribution is 5.73. The van der Waals surface area contributed by atoms with Crippen molar-refractivity contribution in [1.29, 1.82) is 0 Å². The molecule has 0 aliphatic rings. The van der Waals surface area contributed by atoms with E-state index in [-0.39, 0.29) is 12.3 Å². The molecule has 0 fully saturated rings. The molecule has 12 heavy (non-hydrogen) atoms. The van der Waals surface area contributed by atoms with Crippen molar-refractivity contribution in [3.8, 4) is 0 Å². The molecule has 0 atom stereocenters. The Morgan fingerprint density at radius 3 is 2.83 bits per heavy atom. The second-order valence-corrected chi connectivity index (χ2v) is 2.65. The topological polar surface area (TPSA) is 86.9 Å². The lowest BCUT2D eigenvalue weighted by atomic mass is 10.4. The summed E-state index contributed by atoms with van der Waals surface area (Å²) in [5.41, 5.74) is 11.4. The lowest BCUT2D eigenvalue weighted by molar-refractivity contribution is -0.118. The molecule has 66 valence electrons. The maximum atomic E-state index is 10.4. The first-order chi connectivity index (χ1) is 5.59. The molecule has 5 nitrogen and oxygen atoms in total. The lowest BCUT2D eigenvalue weighted by Crippen LogP contribution is -2.15. The summed E-state index contributed by atoms with van der Waals surface area (Å²) in [6.07, 6.45) is 0.269. The van der Waals surface area contributed by atoms with Gasteiger partial charge >= 0.3 is 0 Å². The molecule has 0 saturated heterocycles. The van der Waals surface area contributed by atoms with Crippen LogP contribution in [-0.2, 0) is 11.3 Å². The molecule has 1 rings (SSSR count). The predicted molar refractivity (Wildman–Crippen MR) is 45.2 cm³/mol. The van der Waals surface area contributed by atoms with Gasteiger partial charge in [-0.1, -0.05) is 0 Å². The summed E-state index contributed by atoms with van der Waals surface area (Å²) < 4.78 is 1.57. The molecular weight excluding hydrogens is 156 g/mol. The first-order valence-electron chi connectivity index (χ1n) is 3.68. The van der Waals surface area contributed by atoms with Crippen molar-refractivity contribution in [2.75, 3.05) is 5.73 Å². The summed E-state index contributed by atoms with van der Waals surface area (Å²) in [6.45, 7) is 2.30. The van der Waals surface area contributed by atoms with E-state index in [4.69, 9.17) is 11.5 Å². The number of amides is 1. The monoisotopic (exact) mass is 168 g/mol. The van der Waals surface area contributed by atoms with E-state index in [1.807, 2.05) is 6.92 Å². The van der Waals surface area contributed by atoms with Crippen LogP contribution in [0.2, 0.25) is 0 Å². The van der Waals surface area contributed by atoms with Crippen molar-refractivity contribution in [3.05, 3.63) is 11.8 Å². The third kappa shape index (κ3) is 1.98. The summed E-state index contributed by atoms with van der Waals surface area (Å²) in [5.74, 6) is 0.219. The predicted octanol–water partition coefficient (Wildman–Crippen LogP) is -0.351. The minimum absolute atomic E-state index is 0.269. The highest BCUT2D eigenvalue weighted by Crippen LogP contribution is 2.05. The van der Waals surface area contributed by atoms with Crippen LogP contribution in [0.1, 0.15) is 12.1 Å². The Hall–Kier alpha value is -1.52. The van der Waals surface area contributed by atoms with Gasteiger partial charge in [-0.15, -0.1) is 0 Å². The van der Waals surface area contributed by atoms with Crippen LogP contribution < -0.4 is 11.5 Å². The number of hydrogen-bond acceptors (Lipinski definition) is 3. The second kappa shape index (κ2) is 3.25. The number of aromatic nitrogens is 2. The smallest absolute Gasteiger partial charge is 0.219 e. The Bertz CT molecular complexity index is 292. The number of nitrogens with zero attached hydrogens (tertiary/aromatic N) is 2. The molecule has 1 aromatic heterocycles. The number of primary amides is 1. The van der Waals surface area contributed by atoms with Crippen LogP contribution in [0.4, 0.5) is 5.82 Å². The van der Waals surface area contributed by atoms with E-state index >= 15 is 0 Å². The van der Waals surface area contributed by atoms with Crippen LogP contribution in [0.15, 0.2) is 6.07 Å². The molecule has 5 heteroatoms. The third-order valence-corrected chi connectivity index (χ3v) is 1.50. The average molecular weight is 168 g/mol. The van der Waals surface area contributed by atoms with Gasteiger partial charge in [-0.3, -0.25) is 4.79 Å². The molecule has 0 unspecified atom stereocenters. The van der Waals surface area contributed by atoms with E-state index in [0.717, 1.165) is 5.69 Å². The van der Waals surface area contributed by atoms with Gasteiger partial charge in [0.2, 0.25) is 5.91 Å². The SMILES string of the molecule is Cc1cc(N)n(CCC(N)=O)n1. The van der Waals surface area contributed by atoms with Crippen LogP contribution in [-0.4, -0.2) is 15.7 Å². The van der Waals surface area contributed by atoms with Crippen molar-refractivity contribution < 1.29 is 4.79 Å². The van der Waals surface area contributed by atoms with E-state index in [0.29, 0.717) is 12.4 Å². The van der Waals surface area contributed by atoms with E-state index < -0.39 is 0 Å². The van der Waals surface area contributed by atoms with Crippen molar-refractivity contribution in [2.45, 2.75) is 19.9 Å². The zero-order valence-electron chi connectivity index (χ0n) is 6.95. The fourth-order valence-corrected chi connectivity index (χ4v) is 0.961. The van der Waals surface area contributed by atoms with Gasteiger partial charge in [0.15, 0.2) is 0 Å². The number of nitrogen functional groups attached to an aromatic ring is 1. The quantitative estimate of drug-likeness (QED) is 0.646. The van der Waals surface area contributed by atoms with Gasteiger partial charge in [-0.05, 0) is 6.92 Å². The standard InChI is InChI=1S/C7H12N4O/c1-5-4-6(8)11(10-5)3-2-7(9)12/h4H,2-3,8H2,1H3,(H2,9,12). The van der Waals surface area contributed by atoms with Gasteiger partial charge in [0.25, 0.3) is 0 Å². The van der Waals surface area contributed by atoms with Crippen LogP contribution in [0.25, 0.3) is 0 Å².